The first-order valence-corrected chi connectivity index (χ1v) is 6.96. The van der Waals surface area contributed by atoms with Gasteiger partial charge in [-0.1, -0.05) is 13.8 Å². The van der Waals surface area contributed by atoms with E-state index in [0.717, 1.165) is 24.2 Å². The number of carbonyl (C=O) groups is 1. The lowest BCUT2D eigenvalue weighted by Gasteiger charge is -2.37. The van der Waals surface area contributed by atoms with Gasteiger partial charge in [-0.05, 0) is 58.1 Å². The van der Waals surface area contributed by atoms with E-state index in [1.807, 2.05) is 50.2 Å². The van der Waals surface area contributed by atoms with Crippen LogP contribution in [0.4, 0.5) is 0 Å². The van der Waals surface area contributed by atoms with Crippen LogP contribution in [0.25, 0.3) is 0 Å². The van der Waals surface area contributed by atoms with Crippen LogP contribution in [0.15, 0.2) is 24.3 Å². The molecule has 3 heteroatoms. The SMILES string of the molecule is CCOc1ccc(C(=O)C(CC)(CC)N(C)C)cc1. The van der Waals surface area contributed by atoms with E-state index in [2.05, 4.69) is 13.8 Å². The largest absolute Gasteiger partial charge is 0.494 e. The fraction of sp³-hybridized carbons (Fsp3) is 0.562. The number of Topliss-reactive ketones (excluding diaryl/α,β-unsaturated/α-hetero) is 1. The highest BCUT2D eigenvalue weighted by molar-refractivity contribution is 6.03. The van der Waals surface area contributed by atoms with E-state index in [-0.39, 0.29) is 5.78 Å². The lowest BCUT2D eigenvalue weighted by molar-refractivity contribution is 0.0656. The average Bonchev–Trinajstić information content (AvgIpc) is 2.41. The van der Waals surface area contributed by atoms with E-state index in [1.54, 1.807) is 0 Å². The number of carbonyl (C=O) groups excluding carboxylic acids is 1. The lowest BCUT2D eigenvalue weighted by Crippen LogP contribution is -2.50. The van der Waals surface area contributed by atoms with Crippen LogP contribution in [0.3, 0.4) is 0 Å². The molecule has 0 spiro atoms. The number of ether oxygens (including phenoxy) is 1. The van der Waals surface area contributed by atoms with E-state index in [0.29, 0.717) is 6.61 Å². The van der Waals surface area contributed by atoms with E-state index in [1.165, 1.54) is 0 Å². The standard InChI is InChI=1S/C16H25NO2/c1-6-16(7-2,17(4)5)15(18)13-9-11-14(12-10-13)19-8-3/h9-12H,6-8H2,1-5H3. The summed E-state index contributed by atoms with van der Waals surface area (Å²) in [7, 11) is 3.94. The van der Waals surface area contributed by atoms with Crippen molar-refractivity contribution < 1.29 is 9.53 Å². The smallest absolute Gasteiger partial charge is 0.183 e. The van der Waals surface area contributed by atoms with Crippen LogP contribution in [0.1, 0.15) is 44.0 Å². The van der Waals surface area contributed by atoms with Gasteiger partial charge in [0.05, 0.1) is 12.1 Å². The van der Waals surface area contributed by atoms with Gasteiger partial charge >= 0.3 is 0 Å². The second-order valence-corrected chi connectivity index (χ2v) is 4.92. The molecule has 1 aromatic carbocycles. The molecular formula is C16H25NO2. The highest BCUT2D eigenvalue weighted by Crippen LogP contribution is 2.27. The highest BCUT2D eigenvalue weighted by atomic mass is 16.5. The summed E-state index contributed by atoms with van der Waals surface area (Å²) in [6.45, 7) is 6.72. The summed E-state index contributed by atoms with van der Waals surface area (Å²) < 4.78 is 5.40. The van der Waals surface area contributed by atoms with Crippen molar-refractivity contribution in [3.8, 4) is 5.75 Å². The van der Waals surface area contributed by atoms with Crippen LogP contribution >= 0.6 is 0 Å². The number of hydrogen-bond acceptors (Lipinski definition) is 3. The second kappa shape index (κ2) is 6.71. The van der Waals surface area contributed by atoms with Crippen molar-refractivity contribution in [1.29, 1.82) is 0 Å². The van der Waals surface area contributed by atoms with Gasteiger partial charge in [-0.3, -0.25) is 9.69 Å². The fourth-order valence-electron chi connectivity index (χ4n) is 2.54. The van der Waals surface area contributed by atoms with E-state index in [9.17, 15) is 4.79 Å². The number of ketones is 1. The Labute approximate surface area is 116 Å². The predicted molar refractivity (Wildman–Crippen MR) is 78.9 cm³/mol. The monoisotopic (exact) mass is 263 g/mol. The van der Waals surface area contributed by atoms with Crippen LogP contribution in [-0.4, -0.2) is 36.9 Å². The van der Waals surface area contributed by atoms with Crippen molar-refractivity contribution in [3.05, 3.63) is 29.8 Å². The van der Waals surface area contributed by atoms with Crippen LogP contribution < -0.4 is 4.74 Å². The van der Waals surface area contributed by atoms with E-state index in [4.69, 9.17) is 4.74 Å². The summed E-state index contributed by atoms with van der Waals surface area (Å²) in [6, 6.07) is 7.44. The molecule has 0 aliphatic carbocycles. The van der Waals surface area contributed by atoms with E-state index < -0.39 is 5.54 Å². The third-order valence-corrected chi connectivity index (χ3v) is 3.88. The minimum atomic E-state index is -0.410. The zero-order valence-corrected chi connectivity index (χ0v) is 12.7. The quantitative estimate of drug-likeness (QED) is 0.706. The van der Waals surface area contributed by atoms with Crippen molar-refractivity contribution in [2.75, 3.05) is 20.7 Å². The molecule has 0 N–H and O–H groups in total. The van der Waals surface area contributed by atoms with Gasteiger partial charge in [0.1, 0.15) is 5.75 Å². The Morgan fingerprint density at radius 1 is 1.11 bits per heavy atom. The second-order valence-electron chi connectivity index (χ2n) is 4.92. The van der Waals surface area contributed by atoms with Gasteiger partial charge in [-0.15, -0.1) is 0 Å². The summed E-state index contributed by atoms with van der Waals surface area (Å²) in [6.07, 6.45) is 1.62. The summed E-state index contributed by atoms with van der Waals surface area (Å²) in [4.78, 5) is 14.8. The van der Waals surface area contributed by atoms with Gasteiger partial charge in [-0.2, -0.15) is 0 Å². The Bertz CT molecular complexity index is 405. The Hall–Kier alpha value is -1.35. The summed E-state index contributed by atoms with van der Waals surface area (Å²) >= 11 is 0. The molecule has 0 aliphatic rings. The van der Waals surface area contributed by atoms with Crippen LogP contribution in [0.2, 0.25) is 0 Å². The maximum atomic E-state index is 12.8. The van der Waals surface area contributed by atoms with Gasteiger partial charge in [0.25, 0.3) is 0 Å². The Kier molecular flexibility index (Phi) is 5.55. The summed E-state index contributed by atoms with van der Waals surface area (Å²) in [5.74, 6) is 0.994. The number of likely N-dealkylation sites (N-methyl/N-ethyl adjacent to an activating group) is 1. The minimum Gasteiger partial charge on any atom is -0.494 e. The van der Waals surface area contributed by atoms with E-state index >= 15 is 0 Å². The van der Waals surface area contributed by atoms with Gasteiger partial charge in [0.2, 0.25) is 0 Å². The molecule has 0 saturated heterocycles. The maximum Gasteiger partial charge on any atom is 0.183 e. The normalized spacial score (nSPS) is 11.7. The van der Waals surface area contributed by atoms with Crippen LogP contribution in [-0.2, 0) is 0 Å². The van der Waals surface area contributed by atoms with Crippen molar-refractivity contribution >= 4 is 5.78 Å². The Balaban J connectivity index is 3.03. The first-order chi connectivity index (χ1) is 9.01. The first kappa shape index (κ1) is 15.7. The topological polar surface area (TPSA) is 29.5 Å². The van der Waals surface area contributed by atoms with Crippen molar-refractivity contribution in [3.63, 3.8) is 0 Å². The van der Waals surface area contributed by atoms with Gasteiger partial charge in [-0.25, -0.2) is 0 Å². The van der Waals surface area contributed by atoms with Gasteiger partial charge in [0.15, 0.2) is 5.78 Å². The predicted octanol–water partition coefficient (Wildman–Crippen LogP) is 3.39. The number of hydrogen-bond donors (Lipinski definition) is 0. The third kappa shape index (κ3) is 3.16. The van der Waals surface area contributed by atoms with Crippen LogP contribution in [0.5, 0.6) is 5.75 Å². The molecule has 0 heterocycles. The van der Waals surface area contributed by atoms with Crippen molar-refractivity contribution in [1.82, 2.24) is 4.90 Å². The molecule has 0 unspecified atom stereocenters. The highest BCUT2D eigenvalue weighted by Gasteiger charge is 2.37. The molecule has 0 amide bonds. The summed E-state index contributed by atoms with van der Waals surface area (Å²) in [5, 5.41) is 0. The molecule has 0 aliphatic heterocycles. The molecule has 19 heavy (non-hydrogen) atoms. The lowest BCUT2D eigenvalue weighted by atomic mass is 9.83. The molecule has 1 rings (SSSR count). The van der Waals surface area contributed by atoms with Crippen molar-refractivity contribution in [2.24, 2.45) is 0 Å². The number of rotatable bonds is 7. The van der Waals surface area contributed by atoms with Gasteiger partial charge in [0, 0.05) is 5.56 Å². The number of nitrogens with zero attached hydrogens (tertiary/aromatic N) is 1. The molecule has 3 nitrogen and oxygen atoms in total. The summed E-state index contributed by atoms with van der Waals surface area (Å²) in [5.41, 5.74) is 0.341. The molecular weight excluding hydrogens is 238 g/mol. The Morgan fingerprint density at radius 3 is 2.00 bits per heavy atom. The molecule has 0 fully saturated rings. The fourth-order valence-corrected chi connectivity index (χ4v) is 2.54. The number of benzene rings is 1. The third-order valence-electron chi connectivity index (χ3n) is 3.88. The molecule has 0 radical (unpaired) electrons. The zero-order chi connectivity index (χ0) is 14.5. The van der Waals surface area contributed by atoms with Crippen molar-refractivity contribution in [2.45, 2.75) is 39.2 Å². The van der Waals surface area contributed by atoms with Gasteiger partial charge < -0.3 is 4.74 Å². The molecule has 0 saturated carbocycles. The zero-order valence-electron chi connectivity index (χ0n) is 12.7. The maximum absolute atomic E-state index is 12.8. The molecule has 0 bridgehead atoms. The Morgan fingerprint density at radius 2 is 1.63 bits per heavy atom. The molecule has 0 aromatic heterocycles. The molecule has 0 atom stereocenters. The molecule has 106 valence electrons. The average molecular weight is 263 g/mol. The minimum absolute atomic E-state index is 0.186. The van der Waals surface area contributed by atoms with Crippen LogP contribution in [0, 0.1) is 0 Å². The molecule has 1 aromatic rings. The first-order valence-electron chi connectivity index (χ1n) is 6.96.